The van der Waals surface area contributed by atoms with Crippen molar-refractivity contribution in [3.05, 3.63) is 84.6 Å². The number of benzene rings is 2. The van der Waals surface area contributed by atoms with E-state index in [2.05, 4.69) is 25.8 Å². The van der Waals surface area contributed by atoms with Gasteiger partial charge in [0.15, 0.2) is 0 Å². The minimum atomic E-state index is 0.310. The molecule has 0 fully saturated rings. The molecule has 8 heteroatoms. The van der Waals surface area contributed by atoms with Gasteiger partial charge < -0.3 is 14.8 Å². The van der Waals surface area contributed by atoms with Crippen molar-refractivity contribution in [3.63, 3.8) is 0 Å². The fourth-order valence-electron chi connectivity index (χ4n) is 2.69. The highest BCUT2D eigenvalue weighted by Crippen LogP contribution is 2.22. The molecule has 0 unspecified atom stereocenters. The van der Waals surface area contributed by atoms with Crippen LogP contribution in [0.5, 0.6) is 17.6 Å². The van der Waals surface area contributed by atoms with Gasteiger partial charge in [-0.05, 0) is 46.3 Å². The average molecular weight is 388 g/mol. The zero-order valence-electron chi connectivity index (χ0n) is 15.7. The molecule has 2 heterocycles. The third-order valence-corrected chi connectivity index (χ3v) is 4.04. The van der Waals surface area contributed by atoms with Gasteiger partial charge >= 0.3 is 6.01 Å². The Balaban J connectivity index is 1.31. The minimum Gasteiger partial charge on any atom is -0.476 e. The van der Waals surface area contributed by atoms with E-state index < -0.39 is 0 Å². The van der Waals surface area contributed by atoms with E-state index in [1.807, 2.05) is 72.8 Å². The van der Waals surface area contributed by atoms with Crippen molar-refractivity contribution < 1.29 is 9.47 Å². The summed E-state index contributed by atoms with van der Waals surface area (Å²) in [4.78, 5) is 4.13. The Labute approximate surface area is 168 Å². The molecule has 29 heavy (non-hydrogen) atoms. The lowest BCUT2D eigenvalue weighted by molar-refractivity contribution is 0.302. The Kier molecular flexibility index (Phi) is 6.04. The van der Waals surface area contributed by atoms with Gasteiger partial charge in [-0.3, -0.25) is 0 Å². The van der Waals surface area contributed by atoms with E-state index in [-0.39, 0.29) is 0 Å². The summed E-state index contributed by atoms with van der Waals surface area (Å²) in [5.41, 5.74) is 1.91. The van der Waals surface area contributed by atoms with Gasteiger partial charge in [0.1, 0.15) is 12.4 Å². The number of nitrogens with zero attached hydrogens (tertiary/aromatic N) is 5. The van der Waals surface area contributed by atoms with E-state index >= 15 is 0 Å². The number of para-hydroxylation sites is 1. The van der Waals surface area contributed by atoms with Crippen LogP contribution in [0.3, 0.4) is 0 Å². The van der Waals surface area contributed by atoms with Crippen LogP contribution >= 0.6 is 0 Å². The van der Waals surface area contributed by atoms with Crippen LogP contribution in [0.1, 0.15) is 5.56 Å². The predicted molar refractivity (Wildman–Crippen MR) is 107 cm³/mol. The first-order chi connectivity index (χ1) is 14.4. The van der Waals surface area contributed by atoms with E-state index in [4.69, 9.17) is 9.47 Å². The third-order valence-electron chi connectivity index (χ3n) is 4.04. The molecule has 0 aliphatic rings. The topological polar surface area (TPSA) is 87.0 Å². The first kappa shape index (κ1) is 18.6. The molecule has 4 rings (SSSR count). The molecule has 146 valence electrons. The second-order valence-electron chi connectivity index (χ2n) is 6.15. The summed E-state index contributed by atoms with van der Waals surface area (Å²) >= 11 is 0. The van der Waals surface area contributed by atoms with Crippen LogP contribution in [0.15, 0.2) is 79.0 Å². The lowest BCUT2D eigenvalue weighted by Crippen LogP contribution is -2.20. The second kappa shape index (κ2) is 9.43. The van der Waals surface area contributed by atoms with Crippen molar-refractivity contribution in [2.45, 2.75) is 6.54 Å². The molecule has 0 amide bonds. The molecule has 8 nitrogen and oxygen atoms in total. The number of hydrogen-bond donors (Lipinski definition) is 1. The van der Waals surface area contributed by atoms with Crippen LogP contribution in [-0.2, 0) is 6.54 Å². The van der Waals surface area contributed by atoms with E-state index in [0.717, 1.165) is 11.3 Å². The predicted octanol–water partition coefficient (Wildman–Crippen LogP) is 3.02. The SMILES string of the molecule is c1ccc(-n2nnnc2Oc2cccc(CNCCOc3ccccn3)c2)cc1. The van der Waals surface area contributed by atoms with Crippen molar-refractivity contribution in [2.75, 3.05) is 13.2 Å². The molecular formula is C21H20N6O2. The molecule has 0 atom stereocenters. The van der Waals surface area contributed by atoms with E-state index in [0.29, 0.717) is 37.3 Å². The standard InChI is InChI=1S/C21H20N6O2/c1-2-8-18(9-3-1)27-21(24-25-26-27)29-19-10-6-7-17(15-19)16-22-13-14-28-20-11-4-5-12-23-20/h1-12,15,22H,13-14,16H2. The lowest BCUT2D eigenvalue weighted by atomic mass is 10.2. The summed E-state index contributed by atoms with van der Waals surface area (Å²) in [6.45, 7) is 1.93. The Hall–Kier alpha value is -3.78. The molecule has 0 aliphatic heterocycles. The first-order valence-corrected chi connectivity index (χ1v) is 9.24. The van der Waals surface area contributed by atoms with Crippen LogP contribution in [0.25, 0.3) is 5.69 Å². The van der Waals surface area contributed by atoms with Gasteiger partial charge in [-0.2, -0.15) is 4.68 Å². The third kappa shape index (κ3) is 5.14. The maximum Gasteiger partial charge on any atom is 0.345 e. The van der Waals surface area contributed by atoms with Crippen LogP contribution in [0.2, 0.25) is 0 Å². The minimum absolute atomic E-state index is 0.310. The van der Waals surface area contributed by atoms with Crippen molar-refractivity contribution in [3.8, 4) is 23.3 Å². The summed E-state index contributed by atoms with van der Waals surface area (Å²) in [5, 5.41) is 15.0. The smallest absolute Gasteiger partial charge is 0.345 e. The largest absolute Gasteiger partial charge is 0.476 e. The summed E-state index contributed by atoms with van der Waals surface area (Å²) in [7, 11) is 0. The molecule has 4 aromatic rings. The van der Waals surface area contributed by atoms with Crippen LogP contribution in [0, 0.1) is 0 Å². The monoisotopic (exact) mass is 388 g/mol. The maximum absolute atomic E-state index is 5.90. The van der Waals surface area contributed by atoms with Gasteiger partial charge in [-0.25, -0.2) is 4.98 Å². The number of nitrogens with one attached hydrogen (secondary N) is 1. The highest BCUT2D eigenvalue weighted by Gasteiger charge is 2.10. The van der Waals surface area contributed by atoms with Crippen molar-refractivity contribution in [1.29, 1.82) is 0 Å². The van der Waals surface area contributed by atoms with E-state index in [1.54, 1.807) is 10.9 Å². The summed E-state index contributed by atoms with van der Waals surface area (Å²) in [6.07, 6.45) is 1.71. The number of pyridine rings is 1. The normalized spacial score (nSPS) is 10.6. The van der Waals surface area contributed by atoms with E-state index in [1.165, 1.54) is 0 Å². The molecule has 0 spiro atoms. The van der Waals surface area contributed by atoms with Crippen LogP contribution in [0.4, 0.5) is 0 Å². The highest BCUT2D eigenvalue weighted by atomic mass is 16.5. The number of tetrazole rings is 1. The molecule has 2 aromatic heterocycles. The van der Waals surface area contributed by atoms with E-state index in [9.17, 15) is 0 Å². The summed E-state index contributed by atoms with van der Waals surface area (Å²) in [6, 6.07) is 23.3. The number of rotatable bonds is 9. The highest BCUT2D eigenvalue weighted by molar-refractivity contribution is 5.34. The van der Waals surface area contributed by atoms with Crippen molar-refractivity contribution in [2.24, 2.45) is 0 Å². The fourth-order valence-corrected chi connectivity index (χ4v) is 2.69. The number of hydrogen-bond acceptors (Lipinski definition) is 7. The molecule has 0 saturated carbocycles. The molecule has 0 radical (unpaired) electrons. The lowest BCUT2D eigenvalue weighted by Gasteiger charge is -2.09. The molecular weight excluding hydrogens is 368 g/mol. The first-order valence-electron chi connectivity index (χ1n) is 9.24. The Morgan fingerprint density at radius 1 is 0.931 bits per heavy atom. The molecule has 0 saturated heterocycles. The maximum atomic E-state index is 5.90. The van der Waals surface area contributed by atoms with Crippen molar-refractivity contribution in [1.82, 2.24) is 30.5 Å². The molecule has 1 N–H and O–H groups in total. The van der Waals surface area contributed by atoms with Gasteiger partial charge in [0.05, 0.1) is 5.69 Å². The Morgan fingerprint density at radius 2 is 1.83 bits per heavy atom. The molecule has 2 aromatic carbocycles. The summed E-state index contributed by atoms with van der Waals surface area (Å²) < 4.78 is 13.0. The Morgan fingerprint density at radius 3 is 2.69 bits per heavy atom. The average Bonchev–Trinajstić information content (AvgIpc) is 3.23. The van der Waals surface area contributed by atoms with Crippen molar-refractivity contribution >= 4 is 0 Å². The number of ether oxygens (including phenoxy) is 2. The molecule has 0 bridgehead atoms. The quantitative estimate of drug-likeness (QED) is 0.441. The van der Waals surface area contributed by atoms with Gasteiger partial charge in [0.25, 0.3) is 0 Å². The fraction of sp³-hybridized carbons (Fsp3) is 0.143. The van der Waals surface area contributed by atoms with Crippen LogP contribution in [-0.4, -0.2) is 38.3 Å². The van der Waals surface area contributed by atoms with Gasteiger partial charge in [-0.1, -0.05) is 41.5 Å². The number of aromatic nitrogens is 5. The molecule has 0 aliphatic carbocycles. The second-order valence-corrected chi connectivity index (χ2v) is 6.15. The zero-order chi connectivity index (χ0) is 19.7. The summed E-state index contributed by atoms with van der Waals surface area (Å²) in [5.74, 6) is 1.29. The van der Waals surface area contributed by atoms with Gasteiger partial charge in [0.2, 0.25) is 5.88 Å². The van der Waals surface area contributed by atoms with Gasteiger partial charge in [0, 0.05) is 25.4 Å². The van der Waals surface area contributed by atoms with Gasteiger partial charge in [-0.15, -0.1) is 0 Å². The van der Waals surface area contributed by atoms with Crippen LogP contribution < -0.4 is 14.8 Å². The zero-order valence-corrected chi connectivity index (χ0v) is 15.7. The Bertz CT molecular complexity index is 1020.